The van der Waals surface area contributed by atoms with Crippen molar-refractivity contribution in [2.45, 2.75) is 37.5 Å². The minimum atomic E-state index is -0.607. The number of ether oxygens (including phenoxy) is 2. The van der Waals surface area contributed by atoms with Gasteiger partial charge in [0.1, 0.15) is 6.10 Å². The highest BCUT2D eigenvalue weighted by Crippen LogP contribution is 2.21. The molecule has 1 aliphatic heterocycles. The zero-order valence-corrected chi connectivity index (χ0v) is 7.94. The predicted molar refractivity (Wildman–Crippen MR) is 47.9 cm³/mol. The molecule has 1 heterocycles. The maximum atomic E-state index is 11.2. The summed E-state index contributed by atoms with van der Waals surface area (Å²) in [6.45, 7) is 0.648. The van der Waals surface area contributed by atoms with E-state index in [-0.39, 0.29) is 18.8 Å². The topological polar surface area (TPSA) is 67.8 Å². The van der Waals surface area contributed by atoms with Crippen LogP contribution in [0.25, 0.3) is 0 Å². The highest BCUT2D eigenvalue weighted by Gasteiger charge is 2.29. The lowest BCUT2D eigenvalue weighted by atomic mass is 9.96. The van der Waals surface area contributed by atoms with Crippen LogP contribution >= 0.6 is 0 Å². The number of rotatable bonds is 2. The zero-order chi connectivity index (χ0) is 9.97. The molecule has 0 aromatic rings. The summed E-state index contributed by atoms with van der Waals surface area (Å²) in [5.41, 5.74) is 0. The Morgan fingerprint density at radius 1 is 1.43 bits per heavy atom. The van der Waals surface area contributed by atoms with Crippen LogP contribution in [0.1, 0.15) is 19.3 Å². The van der Waals surface area contributed by atoms with Gasteiger partial charge in [-0.25, -0.2) is 4.79 Å². The van der Waals surface area contributed by atoms with Crippen molar-refractivity contribution in [3.8, 4) is 0 Å². The molecular weight excluding hydrogens is 186 g/mol. The van der Waals surface area contributed by atoms with Crippen LogP contribution in [0, 0.1) is 0 Å². The number of aliphatic hydroxyl groups excluding tert-OH is 1. The summed E-state index contributed by atoms with van der Waals surface area (Å²) in [6.07, 6.45) is 2.07. The number of nitrogens with one attached hydrogen (secondary N) is 1. The highest BCUT2D eigenvalue weighted by atomic mass is 16.6. The third-order valence-electron chi connectivity index (χ3n) is 2.68. The molecular formula is C9H15NO4. The van der Waals surface area contributed by atoms with E-state index < -0.39 is 12.2 Å². The Kier molecular flexibility index (Phi) is 2.88. The molecule has 2 atom stereocenters. The fourth-order valence-electron chi connectivity index (χ4n) is 1.51. The number of alkyl carbamates (subject to hydrolysis) is 1. The number of aliphatic hydroxyl groups is 1. The first-order valence-electron chi connectivity index (χ1n) is 4.98. The average molecular weight is 201 g/mol. The monoisotopic (exact) mass is 201 g/mol. The molecule has 2 N–H and O–H groups in total. The van der Waals surface area contributed by atoms with Crippen molar-refractivity contribution in [2.24, 2.45) is 0 Å². The molecule has 2 rings (SSSR count). The molecule has 1 saturated carbocycles. The third-order valence-corrected chi connectivity index (χ3v) is 2.68. The summed E-state index contributed by atoms with van der Waals surface area (Å²) in [7, 11) is 0. The van der Waals surface area contributed by atoms with Gasteiger partial charge in [-0.1, -0.05) is 0 Å². The van der Waals surface area contributed by atoms with Gasteiger partial charge in [0.15, 0.2) is 0 Å². The van der Waals surface area contributed by atoms with Crippen LogP contribution in [0.5, 0.6) is 0 Å². The second kappa shape index (κ2) is 4.14. The molecule has 1 amide bonds. The molecule has 2 aliphatic rings. The molecule has 2 unspecified atom stereocenters. The van der Waals surface area contributed by atoms with E-state index in [1.807, 2.05) is 0 Å². The molecule has 0 aromatic heterocycles. The third kappa shape index (κ3) is 2.16. The lowest BCUT2D eigenvalue weighted by Crippen LogP contribution is -2.44. The lowest BCUT2D eigenvalue weighted by Gasteiger charge is -2.26. The highest BCUT2D eigenvalue weighted by molar-refractivity contribution is 5.68. The van der Waals surface area contributed by atoms with Crippen molar-refractivity contribution in [1.82, 2.24) is 5.32 Å². The molecule has 0 bridgehead atoms. The Morgan fingerprint density at radius 3 is 2.71 bits per heavy atom. The summed E-state index contributed by atoms with van der Waals surface area (Å²) >= 11 is 0. The van der Waals surface area contributed by atoms with Crippen LogP contribution < -0.4 is 5.32 Å². The van der Waals surface area contributed by atoms with Gasteiger partial charge < -0.3 is 19.9 Å². The van der Waals surface area contributed by atoms with Crippen molar-refractivity contribution in [3.05, 3.63) is 0 Å². The van der Waals surface area contributed by atoms with Crippen molar-refractivity contribution >= 4 is 6.09 Å². The van der Waals surface area contributed by atoms with Crippen molar-refractivity contribution in [1.29, 1.82) is 0 Å². The Bertz CT molecular complexity index is 217. The first-order chi connectivity index (χ1) is 6.75. The minimum Gasteiger partial charge on any atom is -0.446 e. The fraction of sp³-hybridized carbons (Fsp3) is 0.889. The normalized spacial score (nSPS) is 32.4. The summed E-state index contributed by atoms with van der Waals surface area (Å²) < 4.78 is 10.1. The smallest absolute Gasteiger partial charge is 0.407 e. The lowest BCUT2D eigenvalue weighted by molar-refractivity contribution is 0.0465. The standard InChI is InChI=1S/C9H15NO4/c11-8-5-13-4-7(8)10-9(12)14-6-2-1-3-6/h6-8,11H,1-5H2,(H,10,12). The molecule has 2 fully saturated rings. The minimum absolute atomic E-state index is 0.0782. The first kappa shape index (κ1) is 9.73. The van der Waals surface area contributed by atoms with Crippen molar-refractivity contribution in [2.75, 3.05) is 13.2 Å². The van der Waals surface area contributed by atoms with E-state index in [1.54, 1.807) is 0 Å². The van der Waals surface area contributed by atoms with Gasteiger partial charge >= 0.3 is 6.09 Å². The number of carbonyl (C=O) groups excluding carboxylic acids is 1. The molecule has 14 heavy (non-hydrogen) atoms. The van der Waals surface area contributed by atoms with Gasteiger partial charge in [0.05, 0.1) is 25.4 Å². The van der Waals surface area contributed by atoms with Gasteiger partial charge in [-0.15, -0.1) is 0 Å². The zero-order valence-electron chi connectivity index (χ0n) is 7.94. The molecule has 0 radical (unpaired) electrons. The Balaban J connectivity index is 1.70. The van der Waals surface area contributed by atoms with E-state index in [0.717, 1.165) is 19.3 Å². The number of hydrogen-bond acceptors (Lipinski definition) is 4. The number of hydrogen-bond donors (Lipinski definition) is 2. The van der Waals surface area contributed by atoms with Gasteiger partial charge in [0.25, 0.3) is 0 Å². The van der Waals surface area contributed by atoms with Gasteiger partial charge in [0.2, 0.25) is 0 Å². The van der Waals surface area contributed by atoms with Gasteiger partial charge in [-0.2, -0.15) is 0 Å². The predicted octanol–water partition coefficient (Wildman–Crippen LogP) is 0.0248. The molecule has 1 saturated heterocycles. The van der Waals surface area contributed by atoms with E-state index >= 15 is 0 Å². The van der Waals surface area contributed by atoms with Crippen molar-refractivity contribution in [3.63, 3.8) is 0 Å². The molecule has 1 aliphatic carbocycles. The summed E-state index contributed by atoms with van der Waals surface area (Å²) in [6, 6.07) is -0.317. The summed E-state index contributed by atoms with van der Waals surface area (Å²) in [5, 5.41) is 11.9. The number of amides is 1. The van der Waals surface area contributed by atoms with E-state index in [2.05, 4.69) is 5.32 Å². The molecule has 0 aromatic carbocycles. The first-order valence-corrected chi connectivity index (χ1v) is 4.98. The second-order valence-electron chi connectivity index (χ2n) is 3.81. The van der Waals surface area contributed by atoms with Gasteiger partial charge in [0, 0.05) is 0 Å². The van der Waals surface area contributed by atoms with Gasteiger partial charge in [-0.3, -0.25) is 0 Å². The van der Waals surface area contributed by atoms with Crippen LogP contribution in [0.4, 0.5) is 4.79 Å². The molecule has 5 nitrogen and oxygen atoms in total. The maximum absolute atomic E-state index is 11.2. The SMILES string of the molecule is O=C(NC1COCC1O)OC1CCC1. The van der Waals surface area contributed by atoms with E-state index in [1.165, 1.54) is 0 Å². The Labute approximate surface area is 82.4 Å². The van der Waals surface area contributed by atoms with Crippen LogP contribution in [-0.2, 0) is 9.47 Å². The number of carbonyl (C=O) groups is 1. The average Bonchev–Trinajstić information content (AvgIpc) is 2.45. The fourth-order valence-corrected chi connectivity index (χ4v) is 1.51. The summed E-state index contributed by atoms with van der Waals surface area (Å²) in [5.74, 6) is 0. The molecule has 80 valence electrons. The van der Waals surface area contributed by atoms with Gasteiger partial charge in [-0.05, 0) is 19.3 Å². The van der Waals surface area contributed by atoms with E-state index in [4.69, 9.17) is 9.47 Å². The maximum Gasteiger partial charge on any atom is 0.407 e. The molecule has 5 heteroatoms. The van der Waals surface area contributed by atoms with Crippen LogP contribution in [0.2, 0.25) is 0 Å². The summed E-state index contributed by atoms with van der Waals surface area (Å²) in [4.78, 5) is 11.2. The van der Waals surface area contributed by atoms with E-state index in [0.29, 0.717) is 6.61 Å². The second-order valence-corrected chi connectivity index (χ2v) is 3.81. The molecule has 0 spiro atoms. The van der Waals surface area contributed by atoms with Crippen LogP contribution in [0.15, 0.2) is 0 Å². The largest absolute Gasteiger partial charge is 0.446 e. The Hall–Kier alpha value is -0.810. The van der Waals surface area contributed by atoms with Crippen LogP contribution in [0.3, 0.4) is 0 Å². The van der Waals surface area contributed by atoms with E-state index in [9.17, 15) is 9.90 Å². The quantitative estimate of drug-likeness (QED) is 0.661. The van der Waals surface area contributed by atoms with Crippen LogP contribution in [-0.4, -0.2) is 42.7 Å². The van der Waals surface area contributed by atoms with Crippen molar-refractivity contribution < 1.29 is 19.4 Å². The Morgan fingerprint density at radius 2 is 2.21 bits per heavy atom.